The van der Waals surface area contributed by atoms with Gasteiger partial charge >= 0.3 is 0 Å². The highest BCUT2D eigenvalue weighted by Gasteiger charge is 2.10. The maximum atomic E-state index is 12.5. The molecule has 34 heavy (non-hydrogen) atoms. The molecule has 7 nitrogen and oxygen atoms in total. The van der Waals surface area contributed by atoms with Gasteiger partial charge in [0.25, 0.3) is 5.56 Å². The Balaban J connectivity index is 1.47. The molecule has 5 aromatic rings. The van der Waals surface area contributed by atoms with E-state index in [1.807, 2.05) is 61.5 Å². The van der Waals surface area contributed by atoms with Crippen molar-refractivity contribution in [3.05, 3.63) is 93.7 Å². The summed E-state index contributed by atoms with van der Waals surface area (Å²) in [6.07, 6.45) is 1.45. The van der Waals surface area contributed by atoms with Crippen molar-refractivity contribution < 1.29 is 4.74 Å². The first kappa shape index (κ1) is 21.6. The van der Waals surface area contributed by atoms with Crippen LogP contribution in [0.4, 0.5) is 5.95 Å². The minimum absolute atomic E-state index is 0.259. The van der Waals surface area contributed by atoms with Crippen LogP contribution in [0, 0.1) is 0 Å². The van der Waals surface area contributed by atoms with Gasteiger partial charge in [-0.3, -0.25) is 4.79 Å². The zero-order valence-corrected chi connectivity index (χ0v) is 19.0. The van der Waals surface area contributed by atoms with E-state index in [0.29, 0.717) is 34.4 Å². The van der Waals surface area contributed by atoms with E-state index in [0.717, 1.165) is 27.5 Å². The van der Waals surface area contributed by atoms with Gasteiger partial charge in [0.15, 0.2) is 0 Å². The summed E-state index contributed by atoms with van der Waals surface area (Å²) in [5.41, 5.74) is 6.09. The van der Waals surface area contributed by atoms with E-state index in [1.165, 1.54) is 6.21 Å². The largest absolute Gasteiger partial charge is 0.494 e. The number of hydrogen-bond acceptors (Lipinski definition) is 6. The van der Waals surface area contributed by atoms with Crippen molar-refractivity contribution in [1.29, 1.82) is 0 Å². The maximum Gasteiger partial charge on any atom is 0.257 e. The summed E-state index contributed by atoms with van der Waals surface area (Å²) < 4.78 is 5.50. The Morgan fingerprint density at radius 2 is 1.91 bits per heavy atom. The van der Waals surface area contributed by atoms with Crippen LogP contribution < -0.4 is 15.7 Å². The van der Waals surface area contributed by atoms with Crippen LogP contribution in [0.1, 0.15) is 12.5 Å². The first-order chi connectivity index (χ1) is 16.6. The van der Waals surface area contributed by atoms with Gasteiger partial charge in [0, 0.05) is 22.0 Å². The average Bonchev–Trinajstić information content (AvgIpc) is 2.85. The molecule has 0 aliphatic heterocycles. The van der Waals surface area contributed by atoms with Crippen molar-refractivity contribution >= 4 is 45.6 Å². The predicted molar refractivity (Wildman–Crippen MR) is 137 cm³/mol. The van der Waals surface area contributed by atoms with Crippen LogP contribution in [0.15, 0.2) is 82.7 Å². The minimum atomic E-state index is -0.259. The molecule has 0 aliphatic carbocycles. The number of fused-ring (bicyclic) bond motifs is 2. The van der Waals surface area contributed by atoms with Crippen LogP contribution in [-0.4, -0.2) is 27.8 Å². The SMILES string of the molecule is CCOc1ccc2cc(C=NNc3nc(-c4ccccc4)c4cc(Cl)ccc4n3)c(=O)[nH]c2c1. The van der Waals surface area contributed by atoms with Gasteiger partial charge in [-0.05, 0) is 48.7 Å². The molecule has 0 saturated carbocycles. The summed E-state index contributed by atoms with van der Waals surface area (Å²) in [5.74, 6) is 1.01. The van der Waals surface area contributed by atoms with Crippen molar-refractivity contribution in [3.8, 4) is 17.0 Å². The van der Waals surface area contributed by atoms with Crippen molar-refractivity contribution in [3.63, 3.8) is 0 Å². The number of pyridine rings is 1. The topological polar surface area (TPSA) is 92.3 Å². The van der Waals surface area contributed by atoms with E-state index in [2.05, 4.69) is 25.5 Å². The molecule has 2 heterocycles. The number of ether oxygens (including phenoxy) is 1. The van der Waals surface area contributed by atoms with Gasteiger partial charge in [0.1, 0.15) is 5.75 Å². The minimum Gasteiger partial charge on any atom is -0.494 e. The molecule has 0 amide bonds. The van der Waals surface area contributed by atoms with Gasteiger partial charge < -0.3 is 9.72 Å². The van der Waals surface area contributed by atoms with Crippen LogP contribution in [-0.2, 0) is 0 Å². The molecule has 5 rings (SSSR count). The number of hydrazone groups is 1. The Morgan fingerprint density at radius 3 is 2.74 bits per heavy atom. The van der Waals surface area contributed by atoms with Crippen LogP contribution in [0.5, 0.6) is 5.75 Å². The Morgan fingerprint density at radius 1 is 1.06 bits per heavy atom. The lowest BCUT2D eigenvalue weighted by Crippen LogP contribution is -2.12. The Kier molecular flexibility index (Phi) is 5.93. The summed E-state index contributed by atoms with van der Waals surface area (Å²) in [7, 11) is 0. The lowest BCUT2D eigenvalue weighted by molar-refractivity contribution is 0.340. The van der Waals surface area contributed by atoms with E-state index in [1.54, 1.807) is 18.2 Å². The van der Waals surface area contributed by atoms with E-state index in [-0.39, 0.29) is 5.56 Å². The molecule has 0 spiro atoms. The average molecular weight is 470 g/mol. The number of nitrogens with one attached hydrogen (secondary N) is 2. The standard InChI is InChI=1S/C26H20ClN5O2/c1-2-34-20-10-8-17-12-18(25(33)29-23(17)14-20)15-28-32-26-30-22-11-9-19(27)13-21(22)24(31-26)16-6-4-3-5-7-16/h3-15H,2H2,1H3,(H,29,33)(H,30,31,32). The molecule has 3 aromatic carbocycles. The number of benzene rings is 3. The third-order valence-corrected chi connectivity index (χ3v) is 5.47. The van der Waals surface area contributed by atoms with Crippen molar-refractivity contribution in [1.82, 2.24) is 15.0 Å². The summed E-state index contributed by atoms with van der Waals surface area (Å²) in [5, 5.41) is 6.53. The Hall–Kier alpha value is -4.23. The highest BCUT2D eigenvalue weighted by Crippen LogP contribution is 2.29. The number of H-pyrrole nitrogens is 1. The highest BCUT2D eigenvalue weighted by atomic mass is 35.5. The molecule has 0 unspecified atom stereocenters. The number of rotatable bonds is 6. The van der Waals surface area contributed by atoms with Crippen molar-refractivity contribution in [2.45, 2.75) is 6.92 Å². The summed E-state index contributed by atoms with van der Waals surface area (Å²) in [6, 6.07) is 22.6. The molecule has 2 aromatic heterocycles. The van der Waals surface area contributed by atoms with Crippen LogP contribution in [0.3, 0.4) is 0 Å². The molecule has 168 valence electrons. The number of anilines is 1. The van der Waals surface area contributed by atoms with Crippen molar-refractivity contribution in [2.24, 2.45) is 5.10 Å². The van der Waals surface area contributed by atoms with Gasteiger partial charge in [-0.1, -0.05) is 41.9 Å². The molecule has 0 aliphatic rings. The predicted octanol–water partition coefficient (Wildman–Crippen LogP) is 5.64. The molecule has 2 N–H and O–H groups in total. The molecule has 0 fully saturated rings. The fraction of sp³-hybridized carbons (Fsp3) is 0.0769. The second-order valence-electron chi connectivity index (χ2n) is 7.53. The third-order valence-electron chi connectivity index (χ3n) is 5.23. The molecule has 0 saturated heterocycles. The molecule has 0 radical (unpaired) electrons. The van der Waals surface area contributed by atoms with Crippen molar-refractivity contribution in [2.75, 3.05) is 12.0 Å². The van der Waals surface area contributed by atoms with Crippen LogP contribution >= 0.6 is 11.6 Å². The molecule has 8 heteroatoms. The first-order valence-electron chi connectivity index (χ1n) is 10.7. The molecule has 0 bridgehead atoms. The highest BCUT2D eigenvalue weighted by molar-refractivity contribution is 6.31. The zero-order chi connectivity index (χ0) is 23.5. The quantitative estimate of drug-likeness (QED) is 0.248. The smallest absolute Gasteiger partial charge is 0.257 e. The summed E-state index contributed by atoms with van der Waals surface area (Å²) >= 11 is 6.22. The summed E-state index contributed by atoms with van der Waals surface area (Å²) in [4.78, 5) is 24.6. The van der Waals surface area contributed by atoms with Gasteiger partial charge in [0.2, 0.25) is 5.95 Å². The maximum absolute atomic E-state index is 12.5. The normalized spacial score (nSPS) is 11.4. The van der Waals surface area contributed by atoms with Crippen LogP contribution in [0.25, 0.3) is 33.1 Å². The fourth-order valence-corrected chi connectivity index (χ4v) is 3.85. The Bertz CT molecular complexity index is 1580. The van der Waals surface area contributed by atoms with Crippen LogP contribution in [0.2, 0.25) is 5.02 Å². The first-order valence-corrected chi connectivity index (χ1v) is 11.1. The lowest BCUT2D eigenvalue weighted by atomic mass is 10.1. The number of aromatic amines is 1. The number of hydrogen-bond donors (Lipinski definition) is 2. The van der Waals surface area contributed by atoms with Gasteiger partial charge in [0.05, 0.1) is 35.1 Å². The number of aromatic nitrogens is 3. The van der Waals surface area contributed by atoms with Gasteiger partial charge in [-0.25, -0.2) is 15.4 Å². The summed E-state index contributed by atoms with van der Waals surface area (Å²) in [6.45, 7) is 2.47. The number of halogens is 1. The number of nitrogens with zero attached hydrogens (tertiary/aromatic N) is 3. The molecular formula is C26H20ClN5O2. The Labute approximate surface area is 200 Å². The van der Waals surface area contributed by atoms with E-state index in [4.69, 9.17) is 16.3 Å². The zero-order valence-electron chi connectivity index (χ0n) is 18.2. The fourth-order valence-electron chi connectivity index (χ4n) is 3.68. The molecular weight excluding hydrogens is 450 g/mol. The molecule has 0 atom stereocenters. The van der Waals surface area contributed by atoms with Gasteiger partial charge in [-0.15, -0.1) is 0 Å². The lowest BCUT2D eigenvalue weighted by Gasteiger charge is -2.09. The van der Waals surface area contributed by atoms with Gasteiger partial charge in [-0.2, -0.15) is 5.10 Å². The van der Waals surface area contributed by atoms with E-state index in [9.17, 15) is 4.79 Å². The second kappa shape index (κ2) is 9.33. The van der Waals surface area contributed by atoms with E-state index >= 15 is 0 Å². The second-order valence-corrected chi connectivity index (χ2v) is 7.97. The monoisotopic (exact) mass is 469 g/mol. The van der Waals surface area contributed by atoms with E-state index < -0.39 is 0 Å². The third kappa shape index (κ3) is 4.46.